The maximum Gasteiger partial charge on any atom is 0.327 e. The molecule has 112 valence electrons. The number of rotatable bonds is 7. The molecule has 9 heteroatoms. The molecule has 3 N–H and O–H groups in total. The molecule has 0 aliphatic heterocycles. The fraction of sp³-hybridized carbons (Fsp3) is 0.333. The molecule has 0 fully saturated rings. The van der Waals surface area contributed by atoms with Gasteiger partial charge in [-0.2, -0.15) is 5.26 Å². The van der Waals surface area contributed by atoms with Gasteiger partial charge in [-0.1, -0.05) is 0 Å². The molecule has 0 aromatic carbocycles. The maximum absolute atomic E-state index is 11.7. The smallest absolute Gasteiger partial charge is 0.327 e. The van der Waals surface area contributed by atoms with Crippen molar-refractivity contribution in [2.45, 2.75) is 13.0 Å². The molecule has 0 spiro atoms. The van der Waals surface area contributed by atoms with Gasteiger partial charge in [-0.25, -0.2) is 4.79 Å². The van der Waals surface area contributed by atoms with Gasteiger partial charge in [0.15, 0.2) is 0 Å². The Hall–Kier alpha value is -2.05. The Morgan fingerprint density at radius 1 is 1.52 bits per heavy atom. The zero-order chi connectivity index (χ0) is 15.8. The molecule has 0 saturated heterocycles. The molecule has 21 heavy (non-hydrogen) atoms. The van der Waals surface area contributed by atoms with Crippen LogP contribution in [0.3, 0.4) is 0 Å². The van der Waals surface area contributed by atoms with Crippen LogP contribution in [0.4, 0.5) is 5.00 Å². The highest BCUT2D eigenvalue weighted by Gasteiger charge is 2.19. The minimum atomic E-state index is -1.15. The Kier molecular flexibility index (Phi) is 6.71. The quantitative estimate of drug-likeness (QED) is 0.684. The number of amides is 2. The molecule has 1 aromatic rings. The second-order valence-electron chi connectivity index (χ2n) is 3.93. The van der Waals surface area contributed by atoms with Crippen molar-refractivity contribution in [1.82, 2.24) is 5.32 Å². The molecule has 0 bridgehead atoms. The number of carbonyl (C=O) groups excluding carboxylic acids is 2. The molecule has 1 unspecified atom stereocenters. The van der Waals surface area contributed by atoms with Crippen LogP contribution in [0.25, 0.3) is 0 Å². The monoisotopic (exact) mass is 327 g/mol. The number of carbonyl (C=O) groups is 3. The molecule has 0 aliphatic carbocycles. The number of hydrogen-bond donors (Lipinski definition) is 3. The predicted molar refractivity (Wildman–Crippen MR) is 80.2 cm³/mol. The van der Waals surface area contributed by atoms with Crippen LogP contribution in [0.2, 0.25) is 0 Å². The molecule has 0 radical (unpaired) electrons. The topological polar surface area (TPSA) is 119 Å². The van der Waals surface area contributed by atoms with Crippen molar-refractivity contribution in [3.05, 3.63) is 17.0 Å². The van der Waals surface area contributed by atoms with Crippen LogP contribution in [0.5, 0.6) is 0 Å². The summed E-state index contributed by atoms with van der Waals surface area (Å²) in [4.78, 5) is 33.4. The Balaban J connectivity index is 2.41. The first kappa shape index (κ1) is 17.0. The number of nitrogens with zero attached hydrogens (tertiary/aromatic N) is 1. The zero-order valence-electron chi connectivity index (χ0n) is 11.1. The van der Waals surface area contributed by atoms with Crippen molar-refractivity contribution >= 4 is 45.9 Å². The van der Waals surface area contributed by atoms with Crippen molar-refractivity contribution in [2.75, 3.05) is 16.8 Å². The highest BCUT2D eigenvalue weighted by Crippen LogP contribution is 2.22. The van der Waals surface area contributed by atoms with E-state index in [0.29, 0.717) is 10.6 Å². The highest BCUT2D eigenvalue weighted by molar-refractivity contribution is 8.00. The Labute approximate surface area is 129 Å². The van der Waals surface area contributed by atoms with E-state index in [2.05, 4.69) is 10.6 Å². The minimum Gasteiger partial charge on any atom is -0.480 e. The van der Waals surface area contributed by atoms with E-state index in [-0.39, 0.29) is 17.4 Å². The van der Waals surface area contributed by atoms with Gasteiger partial charge in [0.05, 0.1) is 11.3 Å². The largest absolute Gasteiger partial charge is 0.480 e. The number of hydrogen-bond acceptors (Lipinski definition) is 6. The van der Waals surface area contributed by atoms with E-state index in [1.165, 1.54) is 18.3 Å². The maximum atomic E-state index is 11.7. The summed E-state index contributed by atoms with van der Waals surface area (Å²) in [5.74, 6) is -1.80. The van der Waals surface area contributed by atoms with E-state index < -0.39 is 17.9 Å². The zero-order valence-corrected chi connectivity index (χ0v) is 12.7. The minimum absolute atomic E-state index is 0.0339. The lowest BCUT2D eigenvalue weighted by atomic mass is 10.3. The van der Waals surface area contributed by atoms with Gasteiger partial charge in [0.25, 0.3) is 0 Å². The lowest BCUT2D eigenvalue weighted by molar-refractivity contribution is -0.140. The molecule has 1 heterocycles. The number of thioether (sulfide) groups is 1. The van der Waals surface area contributed by atoms with Gasteiger partial charge in [-0.05, 0) is 11.4 Å². The van der Waals surface area contributed by atoms with Crippen LogP contribution in [0, 0.1) is 11.3 Å². The van der Waals surface area contributed by atoms with E-state index in [1.807, 2.05) is 6.07 Å². The van der Waals surface area contributed by atoms with E-state index >= 15 is 0 Å². The van der Waals surface area contributed by atoms with Crippen LogP contribution >= 0.6 is 23.1 Å². The summed E-state index contributed by atoms with van der Waals surface area (Å²) in [6.45, 7) is 1.23. The molecule has 2 amide bonds. The van der Waals surface area contributed by atoms with Gasteiger partial charge in [0, 0.05) is 12.7 Å². The van der Waals surface area contributed by atoms with Crippen LogP contribution in [-0.2, 0) is 14.4 Å². The number of aliphatic carboxylic acids is 1. The molecule has 0 aliphatic rings. The third-order valence-electron chi connectivity index (χ3n) is 2.23. The second kappa shape index (κ2) is 8.28. The summed E-state index contributed by atoms with van der Waals surface area (Å²) in [5, 5.41) is 24.7. The van der Waals surface area contributed by atoms with Crippen molar-refractivity contribution in [1.29, 1.82) is 5.26 Å². The SMILES string of the molecule is CC(=O)NC(CSCC(=O)Nc1sccc1C#N)C(=O)O. The van der Waals surface area contributed by atoms with Crippen molar-refractivity contribution < 1.29 is 19.5 Å². The third-order valence-corrected chi connectivity index (χ3v) is 4.10. The fourth-order valence-corrected chi connectivity index (χ4v) is 2.94. The summed E-state index contributed by atoms with van der Waals surface area (Å²) in [7, 11) is 0. The third kappa shape index (κ3) is 5.85. The van der Waals surface area contributed by atoms with Crippen LogP contribution in [0.15, 0.2) is 11.4 Å². The van der Waals surface area contributed by atoms with E-state index in [1.54, 1.807) is 11.4 Å². The van der Waals surface area contributed by atoms with Gasteiger partial charge in [-0.3, -0.25) is 9.59 Å². The van der Waals surface area contributed by atoms with E-state index in [9.17, 15) is 14.4 Å². The van der Waals surface area contributed by atoms with E-state index in [0.717, 1.165) is 11.8 Å². The Morgan fingerprint density at radius 2 is 2.24 bits per heavy atom. The first-order valence-electron chi connectivity index (χ1n) is 5.79. The van der Waals surface area contributed by atoms with Crippen molar-refractivity contribution in [2.24, 2.45) is 0 Å². The van der Waals surface area contributed by atoms with Crippen LogP contribution in [-0.4, -0.2) is 40.4 Å². The van der Waals surface area contributed by atoms with Crippen LogP contribution < -0.4 is 10.6 Å². The number of nitrogens with one attached hydrogen (secondary N) is 2. The normalized spacial score (nSPS) is 11.2. The number of nitriles is 1. The average molecular weight is 327 g/mol. The second-order valence-corrected chi connectivity index (χ2v) is 5.88. The standard InChI is InChI=1S/C12H13N3O4S2/c1-7(16)14-9(12(18)19)5-20-6-10(17)15-11-8(4-13)2-3-21-11/h2-3,9H,5-6H2,1H3,(H,14,16)(H,15,17)(H,18,19). The van der Waals surface area contributed by atoms with Crippen molar-refractivity contribution in [3.8, 4) is 6.07 Å². The molecular weight excluding hydrogens is 314 g/mol. The average Bonchev–Trinajstić information content (AvgIpc) is 2.84. The van der Waals surface area contributed by atoms with Gasteiger partial charge < -0.3 is 15.7 Å². The van der Waals surface area contributed by atoms with Gasteiger partial charge >= 0.3 is 5.97 Å². The first-order valence-corrected chi connectivity index (χ1v) is 7.82. The summed E-state index contributed by atoms with van der Waals surface area (Å²) in [5.41, 5.74) is 0.389. The number of anilines is 1. The van der Waals surface area contributed by atoms with Crippen molar-refractivity contribution in [3.63, 3.8) is 0 Å². The highest BCUT2D eigenvalue weighted by atomic mass is 32.2. The molecule has 1 rings (SSSR count). The molecule has 1 aromatic heterocycles. The molecule has 7 nitrogen and oxygen atoms in total. The van der Waals surface area contributed by atoms with E-state index in [4.69, 9.17) is 10.4 Å². The number of carboxylic acid groups (broad SMARTS) is 1. The molecule has 1 atom stereocenters. The predicted octanol–water partition coefficient (Wildman–Crippen LogP) is 0.881. The Bertz CT molecular complexity index is 579. The fourth-order valence-electron chi connectivity index (χ4n) is 1.35. The first-order chi connectivity index (χ1) is 9.93. The molecular formula is C12H13N3O4S2. The summed E-state index contributed by atoms with van der Waals surface area (Å²) >= 11 is 2.33. The van der Waals surface area contributed by atoms with Gasteiger partial charge in [0.1, 0.15) is 17.1 Å². The summed E-state index contributed by atoms with van der Waals surface area (Å²) in [6.07, 6.45) is 0. The van der Waals surface area contributed by atoms with Gasteiger partial charge in [0.2, 0.25) is 11.8 Å². The Morgan fingerprint density at radius 3 is 2.81 bits per heavy atom. The summed E-state index contributed by atoms with van der Waals surface area (Å²) in [6, 6.07) is 2.53. The number of thiophene rings is 1. The number of carboxylic acids is 1. The lowest BCUT2D eigenvalue weighted by Gasteiger charge is -2.12. The molecule has 0 saturated carbocycles. The van der Waals surface area contributed by atoms with Crippen LogP contribution in [0.1, 0.15) is 12.5 Å². The lowest BCUT2D eigenvalue weighted by Crippen LogP contribution is -2.41. The summed E-state index contributed by atoms with van der Waals surface area (Å²) < 4.78 is 0. The van der Waals surface area contributed by atoms with Gasteiger partial charge in [-0.15, -0.1) is 23.1 Å².